The summed E-state index contributed by atoms with van der Waals surface area (Å²) in [6, 6.07) is 0.717. The van der Waals surface area contributed by atoms with Gasteiger partial charge in [-0.1, -0.05) is 0 Å². The maximum Gasteiger partial charge on any atom is 0.407 e. The molecule has 19 heavy (non-hydrogen) atoms. The molecule has 2 N–H and O–H groups in total. The number of amides is 1. The van der Waals surface area contributed by atoms with E-state index in [0.29, 0.717) is 6.04 Å². The van der Waals surface area contributed by atoms with E-state index >= 15 is 0 Å². The van der Waals surface area contributed by atoms with Crippen LogP contribution in [0.5, 0.6) is 0 Å². The van der Waals surface area contributed by atoms with Gasteiger partial charge < -0.3 is 20.1 Å². The van der Waals surface area contributed by atoms with E-state index in [-0.39, 0.29) is 18.2 Å². The van der Waals surface area contributed by atoms with Crippen molar-refractivity contribution in [2.45, 2.75) is 71.2 Å². The highest BCUT2D eigenvalue weighted by Crippen LogP contribution is 2.20. The number of carbonyl (C=O) groups is 1. The van der Waals surface area contributed by atoms with Crippen LogP contribution in [-0.2, 0) is 9.47 Å². The Morgan fingerprint density at radius 3 is 2.42 bits per heavy atom. The summed E-state index contributed by atoms with van der Waals surface area (Å²) >= 11 is 0. The molecule has 0 aromatic carbocycles. The fourth-order valence-electron chi connectivity index (χ4n) is 1.93. The lowest BCUT2D eigenvalue weighted by Crippen LogP contribution is -2.53. The van der Waals surface area contributed by atoms with Gasteiger partial charge in [-0.05, 0) is 47.5 Å². The van der Waals surface area contributed by atoms with Gasteiger partial charge in [-0.15, -0.1) is 0 Å². The molecule has 0 atom stereocenters. The van der Waals surface area contributed by atoms with E-state index in [0.717, 1.165) is 26.0 Å². The molecule has 0 heterocycles. The van der Waals surface area contributed by atoms with Crippen LogP contribution in [-0.4, -0.2) is 43.0 Å². The maximum absolute atomic E-state index is 11.5. The van der Waals surface area contributed by atoms with Crippen LogP contribution in [0.3, 0.4) is 0 Å². The topological polar surface area (TPSA) is 59.6 Å². The summed E-state index contributed by atoms with van der Waals surface area (Å²) in [6.45, 7) is 11.3. The molecule has 0 unspecified atom stereocenters. The summed E-state index contributed by atoms with van der Waals surface area (Å²) in [5, 5.41) is 6.29. The van der Waals surface area contributed by atoms with Crippen molar-refractivity contribution >= 4 is 6.09 Å². The molecule has 0 aliphatic heterocycles. The van der Waals surface area contributed by atoms with Crippen molar-refractivity contribution in [3.63, 3.8) is 0 Å². The second kappa shape index (κ2) is 7.10. The number of ether oxygens (including phenoxy) is 2. The second-order valence-electron chi connectivity index (χ2n) is 6.39. The van der Waals surface area contributed by atoms with Gasteiger partial charge in [-0.2, -0.15) is 0 Å². The van der Waals surface area contributed by atoms with E-state index in [2.05, 4.69) is 10.6 Å². The third-order valence-corrected chi connectivity index (χ3v) is 2.85. The van der Waals surface area contributed by atoms with E-state index in [9.17, 15) is 4.79 Å². The number of carbonyl (C=O) groups excluding carboxylic acids is 1. The molecule has 1 rings (SSSR count). The first-order chi connectivity index (χ1) is 8.76. The third kappa shape index (κ3) is 7.38. The number of hydrogen-bond donors (Lipinski definition) is 2. The van der Waals surface area contributed by atoms with Gasteiger partial charge in [-0.3, -0.25) is 0 Å². The molecular weight excluding hydrogens is 244 g/mol. The normalized spacial score (nSPS) is 23.1. The molecule has 0 aromatic heterocycles. The number of nitrogens with one attached hydrogen (secondary N) is 2. The smallest absolute Gasteiger partial charge is 0.407 e. The zero-order valence-corrected chi connectivity index (χ0v) is 12.8. The zero-order chi connectivity index (χ0) is 14.5. The molecule has 0 aromatic rings. The predicted molar refractivity (Wildman–Crippen MR) is 75.3 cm³/mol. The van der Waals surface area contributed by atoms with E-state index in [1.807, 2.05) is 34.6 Å². The fourth-order valence-corrected chi connectivity index (χ4v) is 1.93. The molecular formula is C14H28N2O3. The molecule has 1 aliphatic rings. The number of alkyl carbamates (subject to hydrolysis) is 1. The quantitative estimate of drug-likeness (QED) is 0.727. The van der Waals surface area contributed by atoms with Gasteiger partial charge in [0.1, 0.15) is 5.60 Å². The molecule has 112 valence electrons. The van der Waals surface area contributed by atoms with Crippen molar-refractivity contribution in [3.8, 4) is 0 Å². The van der Waals surface area contributed by atoms with Gasteiger partial charge >= 0.3 is 6.09 Å². The standard InChI is InChI=1S/C14H28N2O3/c1-10(2)18-7-6-15-11-8-12(9-11)16-13(17)19-14(3,4)5/h10-12,15H,6-9H2,1-5H3,(H,16,17). The Balaban J connectivity index is 2.02. The van der Waals surface area contributed by atoms with Gasteiger partial charge in [0.15, 0.2) is 0 Å². The maximum atomic E-state index is 11.5. The highest BCUT2D eigenvalue weighted by atomic mass is 16.6. The molecule has 1 aliphatic carbocycles. The molecule has 0 radical (unpaired) electrons. The lowest BCUT2D eigenvalue weighted by molar-refractivity contribution is 0.0455. The van der Waals surface area contributed by atoms with Crippen LogP contribution in [0.1, 0.15) is 47.5 Å². The molecule has 5 nitrogen and oxygen atoms in total. The lowest BCUT2D eigenvalue weighted by atomic mass is 9.87. The average Bonchev–Trinajstić information content (AvgIpc) is 2.16. The molecule has 0 bridgehead atoms. The summed E-state index contributed by atoms with van der Waals surface area (Å²) in [6.07, 6.45) is 1.88. The number of rotatable bonds is 6. The minimum atomic E-state index is -0.431. The van der Waals surface area contributed by atoms with E-state index in [4.69, 9.17) is 9.47 Å². The first-order valence-corrected chi connectivity index (χ1v) is 7.11. The monoisotopic (exact) mass is 272 g/mol. The molecule has 5 heteroatoms. The van der Waals surface area contributed by atoms with Gasteiger partial charge in [0, 0.05) is 18.6 Å². The van der Waals surface area contributed by atoms with E-state index < -0.39 is 5.60 Å². The molecule has 0 saturated heterocycles. The lowest BCUT2D eigenvalue weighted by Gasteiger charge is -2.36. The molecule has 1 amide bonds. The van der Waals surface area contributed by atoms with Gasteiger partial charge in [-0.25, -0.2) is 4.79 Å². The van der Waals surface area contributed by atoms with Gasteiger partial charge in [0.25, 0.3) is 0 Å². The molecule has 1 fully saturated rings. The highest BCUT2D eigenvalue weighted by Gasteiger charge is 2.31. The predicted octanol–water partition coefficient (Wildman–Crippen LogP) is 2.06. The fraction of sp³-hybridized carbons (Fsp3) is 0.929. The van der Waals surface area contributed by atoms with Gasteiger partial charge in [0.05, 0.1) is 12.7 Å². The summed E-state index contributed by atoms with van der Waals surface area (Å²) in [4.78, 5) is 11.5. The minimum absolute atomic E-state index is 0.235. The van der Waals surface area contributed by atoms with Crippen molar-refractivity contribution in [3.05, 3.63) is 0 Å². The SMILES string of the molecule is CC(C)OCCNC1CC(NC(=O)OC(C)(C)C)C1. The largest absolute Gasteiger partial charge is 0.444 e. The van der Waals surface area contributed by atoms with Crippen LogP contribution in [0.15, 0.2) is 0 Å². The Bertz CT molecular complexity index is 281. The Labute approximate surface area is 116 Å². The first kappa shape index (κ1) is 16.2. The van der Waals surface area contributed by atoms with E-state index in [1.165, 1.54) is 0 Å². The summed E-state index contributed by atoms with van der Waals surface area (Å²) < 4.78 is 10.7. The Hall–Kier alpha value is -0.810. The Morgan fingerprint density at radius 2 is 1.89 bits per heavy atom. The van der Waals surface area contributed by atoms with Crippen LogP contribution in [0.25, 0.3) is 0 Å². The second-order valence-corrected chi connectivity index (χ2v) is 6.39. The highest BCUT2D eigenvalue weighted by molar-refractivity contribution is 5.68. The van der Waals surface area contributed by atoms with Crippen LogP contribution >= 0.6 is 0 Å². The van der Waals surface area contributed by atoms with Crippen LogP contribution in [0.2, 0.25) is 0 Å². The van der Waals surface area contributed by atoms with Gasteiger partial charge in [0.2, 0.25) is 0 Å². The van der Waals surface area contributed by atoms with Crippen LogP contribution in [0.4, 0.5) is 4.79 Å². The Morgan fingerprint density at radius 1 is 1.26 bits per heavy atom. The van der Waals surface area contributed by atoms with Crippen molar-refractivity contribution in [1.29, 1.82) is 0 Å². The summed E-state index contributed by atoms with van der Waals surface area (Å²) in [7, 11) is 0. The average molecular weight is 272 g/mol. The molecule has 0 spiro atoms. The van der Waals surface area contributed by atoms with Crippen LogP contribution < -0.4 is 10.6 Å². The third-order valence-electron chi connectivity index (χ3n) is 2.85. The summed E-state index contributed by atoms with van der Waals surface area (Å²) in [5.41, 5.74) is -0.431. The number of hydrogen-bond acceptors (Lipinski definition) is 4. The van der Waals surface area contributed by atoms with Crippen molar-refractivity contribution < 1.29 is 14.3 Å². The molecule has 1 saturated carbocycles. The summed E-state index contributed by atoms with van der Waals surface area (Å²) in [5.74, 6) is 0. The minimum Gasteiger partial charge on any atom is -0.444 e. The Kier molecular flexibility index (Phi) is 6.07. The van der Waals surface area contributed by atoms with Crippen LogP contribution in [0, 0.1) is 0 Å². The van der Waals surface area contributed by atoms with E-state index in [1.54, 1.807) is 0 Å². The van der Waals surface area contributed by atoms with Crippen molar-refractivity contribution in [2.75, 3.05) is 13.2 Å². The van der Waals surface area contributed by atoms with Crippen molar-refractivity contribution in [1.82, 2.24) is 10.6 Å². The van der Waals surface area contributed by atoms with Crippen molar-refractivity contribution in [2.24, 2.45) is 0 Å². The zero-order valence-electron chi connectivity index (χ0n) is 12.8. The first-order valence-electron chi connectivity index (χ1n) is 7.11.